The average molecular weight is 300 g/mol. The number of aliphatic hydroxyl groups is 1. The van der Waals surface area contributed by atoms with E-state index >= 15 is 0 Å². The summed E-state index contributed by atoms with van der Waals surface area (Å²) in [4.78, 5) is 19.8. The van der Waals surface area contributed by atoms with E-state index < -0.39 is 6.35 Å². The quantitative estimate of drug-likeness (QED) is 0.790. The van der Waals surface area contributed by atoms with Crippen LogP contribution in [0.25, 0.3) is 11.3 Å². The third kappa shape index (κ3) is 2.82. The van der Waals surface area contributed by atoms with E-state index in [1.165, 1.54) is 6.20 Å². The SMILES string of the molecule is CC(C)(C)CN1c2ccc(-c3c[nH]c(=O)cn3)cc2NC1O. The molecule has 1 unspecified atom stereocenters. The molecule has 1 aliphatic rings. The Labute approximate surface area is 128 Å². The Morgan fingerprint density at radius 3 is 2.77 bits per heavy atom. The molecule has 1 aromatic carbocycles. The Balaban J connectivity index is 1.94. The van der Waals surface area contributed by atoms with Crippen molar-refractivity contribution in [1.29, 1.82) is 0 Å². The molecule has 2 heterocycles. The lowest BCUT2D eigenvalue weighted by Gasteiger charge is -2.30. The number of aromatic nitrogens is 2. The highest BCUT2D eigenvalue weighted by atomic mass is 16.3. The average Bonchev–Trinajstić information content (AvgIpc) is 2.73. The van der Waals surface area contributed by atoms with Gasteiger partial charge in [0.25, 0.3) is 5.56 Å². The van der Waals surface area contributed by atoms with E-state index in [0.717, 1.165) is 23.5 Å². The van der Waals surface area contributed by atoms with E-state index in [9.17, 15) is 9.90 Å². The van der Waals surface area contributed by atoms with Crippen LogP contribution in [0.5, 0.6) is 0 Å². The summed E-state index contributed by atoms with van der Waals surface area (Å²) in [7, 11) is 0. The van der Waals surface area contributed by atoms with Crippen molar-refractivity contribution in [3.8, 4) is 11.3 Å². The van der Waals surface area contributed by atoms with E-state index in [-0.39, 0.29) is 11.0 Å². The number of benzene rings is 1. The van der Waals surface area contributed by atoms with Crippen molar-refractivity contribution in [1.82, 2.24) is 9.97 Å². The fourth-order valence-electron chi connectivity index (χ4n) is 2.59. The van der Waals surface area contributed by atoms with Gasteiger partial charge in [0.2, 0.25) is 6.35 Å². The summed E-state index contributed by atoms with van der Waals surface area (Å²) >= 11 is 0. The lowest BCUT2D eigenvalue weighted by Crippen LogP contribution is -2.40. The third-order valence-corrected chi connectivity index (χ3v) is 3.50. The van der Waals surface area contributed by atoms with Gasteiger partial charge in [0.15, 0.2) is 0 Å². The number of hydrogen-bond donors (Lipinski definition) is 3. The number of H-pyrrole nitrogens is 1. The fourth-order valence-corrected chi connectivity index (χ4v) is 2.59. The Morgan fingerprint density at radius 2 is 2.14 bits per heavy atom. The van der Waals surface area contributed by atoms with Gasteiger partial charge in [-0.2, -0.15) is 0 Å². The number of aromatic amines is 1. The minimum Gasteiger partial charge on any atom is -0.356 e. The van der Waals surface area contributed by atoms with Gasteiger partial charge in [0.05, 0.1) is 23.3 Å². The Morgan fingerprint density at radius 1 is 1.36 bits per heavy atom. The number of nitrogens with zero attached hydrogens (tertiary/aromatic N) is 2. The molecule has 0 saturated carbocycles. The van der Waals surface area contributed by atoms with E-state index in [4.69, 9.17) is 0 Å². The summed E-state index contributed by atoms with van der Waals surface area (Å²) in [5.41, 5.74) is 3.25. The van der Waals surface area contributed by atoms with Crippen molar-refractivity contribution in [2.45, 2.75) is 27.1 Å². The van der Waals surface area contributed by atoms with Crippen molar-refractivity contribution >= 4 is 11.4 Å². The van der Waals surface area contributed by atoms with E-state index in [2.05, 4.69) is 36.1 Å². The van der Waals surface area contributed by atoms with Crippen LogP contribution in [0, 0.1) is 5.41 Å². The summed E-state index contributed by atoms with van der Waals surface area (Å²) in [6.45, 7) is 7.15. The molecule has 0 radical (unpaired) electrons. The summed E-state index contributed by atoms with van der Waals surface area (Å²) in [6, 6.07) is 5.84. The number of aliphatic hydroxyl groups excluding tert-OH is 1. The standard InChI is InChI=1S/C16H20N4O2/c1-16(2,3)9-20-13-5-4-10(6-11(13)19-15(20)22)12-7-18-14(21)8-17-12/h4-8,15,19,22H,9H2,1-3H3,(H,18,21). The van der Waals surface area contributed by atoms with Crippen LogP contribution in [-0.4, -0.2) is 28.0 Å². The largest absolute Gasteiger partial charge is 0.356 e. The normalized spacial score (nSPS) is 17.3. The van der Waals surface area contributed by atoms with Gasteiger partial charge >= 0.3 is 0 Å². The molecule has 0 bridgehead atoms. The van der Waals surface area contributed by atoms with Crippen LogP contribution in [0.4, 0.5) is 11.4 Å². The summed E-state index contributed by atoms with van der Waals surface area (Å²) in [5.74, 6) is 0. The lowest BCUT2D eigenvalue weighted by atomic mass is 9.96. The van der Waals surface area contributed by atoms with Gasteiger partial charge in [-0.15, -0.1) is 0 Å². The topological polar surface area (TPSA) is 81.2 Å². The molecule has 6 heteroatoms. The van der Waals surface area contributed by atoms with Gasteiger partial charge in [0, 0.05) is 18.3 Å². The highest BCUT2D eigenvalue weighted by Crippen LogP contribution is 2.38. The zero-order chi connectivity index (χ0) is 15.9. The number of fused-ring (bicyclic) bond motifs is 1. The molecule has 3 rings (SSSR count). The van der Waals surface area contributed by atoms with Crippen LogP contribution in [0.1, 0.15) is 20.8 Å². The number of rotatable bonds is 2. The third-order valence-electron chi connectivity index (χ3n) is 3.50. The smallest absolute Gasteiger partial charge is 0.266 e. The first-order valence-corrected chi connectivity index (χ1v) is 7.24. The van der Waals surface area contributed by atoms with Gasteiger partial charge in [-0.3, -0.25) is 4.79 Å². The molecular weight excluding hydrogens is 280 g/mol. The lowest BCUT2D eigenvalue weighted by molar-refractivity contribution is 0.191. The van der Waals surface area contributed by atoms with Gasteiger partial charge in [0.1, 0.15) is 0 Å². The molecule has 1 aromatic heterocycles. The molecule has 3 N–H and O–H groups in total. The van der Waals surface area contributed by atoms with E-state index in [1.54, 1.807) is 6.20 Å². The highest BCUT2D eigenvalue weighted by Gasteiger charge is 2.30. The minimum atomic E-state index is -0.729. The summed E-state index contributed by atoms with van der Waals surface area (Å²) in [5, 5.41) is 13.3. The van der Waals surface area contributed by atoms with Gasteiger partial charge in [-0.25, -0.2) is 4.98 Å². The molecule has 22 heavy (non-hydrogen) atoms. The second-order valence-corrected chi connectivity index (χ2v) is 6.73. The second kappa shape index (κ2) is 5.14. The Bertz CT molecular complexity index is 728. The Kier molecular flexibility index (Phi) is 3.41. The predicted molar refractivity (Wildman–Crippen MR) is 86.7 cm³/mol. The van der Waals surface area contributed by atoms with Crippen LogP contribution in [-0.2, 0) is 0 Å². The van der Waals surface area contributed by atoms with Crippen LogP contribution < -0.4 is 15.8 Å². The first-order valence-electron chi connectivity index (χ1n) is 7.24. The maximum absolute atomic E-state index is 11.1. The molecule has 0 amide bonds. The first-order chi connectivity index (χ1) is 10.3. The van der Waals surface area contributed by atoms with E-state index in [1.807, 2.05) is 23.1 Å². The zero-order valence-corrected chi connectivity index (χ0v) is 12.9. The number of nitrogens with one attached hydrogen (secondary N) is 2. The first kappa shape index (κ1) is 14.6. The van der Waals surface area contributed by atoms with Gasteiger partial charge < -0.3 is 20.3 Å². The minimum absolute atomic E-state index is 0.0728. The molecule has 1 aliphatic heterocycles. The number of hydrogen-bond acceptors (Lipinski definition) is 5. The zero-order valence-electron chi connectivity index (χ0n) is 12.9. The second-order valence-electron chi connectivity index (χ2n) is 6.73. The summed E-state index contributed by atoms with van der Waals surface area (Å²) in [6.07, 6.45) is 2.12. The van der Waals surface area contributed by atoms with Crippen molar-refractivity contribution < 1.29 is 5.11 Å². The predicted octanol–water partition coefficient (Wildman–Crippen LogP) is 1.99. The van der Waals surface area contributed by atoms with Crippen LogP contribution >= 0.6 is 0 Å². The molecule has 116 valence electrons. The molecule has 2 aromatic rings. The van der Waals surface area contributed by atoms with Crippen molar-refractivity contribution in [2.24, 2.45) is 5.41 Å². The maximum Gasteiger partial charge on any atom is 0.266 e. The maximum atomic E-state index is 11.1. The highest BCUT2D eigenvalue weighted by molar-refractivity contribution is 5.80. The van der Waals surface area contributed by atoms with Crippen LogP contribution in [0.15, 0.2) is 35.4 Å². The summed E-state index contributed by atoms with van der Waals surface area (Å²) < 4.78 is 0. The Hall–Kier alpha value is -2.34. The monoisotopic (exact) mass is 300 g/mol. The fraction of sp³-hybridized carbons (Fsp3) is 0.375. The van der Waals surface area contributed by atoms with Crippen LogP contribution in [0.2, 0.25) is 0 Å². The van der Waals surface area contributed by atoms with Crippen LogP contribution in [0.3, 0.4) is 0 Å². The van der Waals surface area contributed by atoms with Gasteiger partial charge in [-0.1, -0.05) is 26.8 Å². The van der Waals surface area contributed by atoms with E-state index in [0.29, 0.717) is 5.69 Å². The molecular formula is C16H20N4O2. The molecule has 6 nitrogen and oxygen atoms in total. The molecule has 0 aliphatic carbocycles. The van der Waals surface area contributed by atoms with Crippen molar-refractivity contribution in [3.63, 3.8) is 0 Å². The molecule has 0 saturated heterocycles. The molecule has 0 fully saturated rings. The molecule has 1 atom stereocenters. The van der Waals surface area contributed by atoms with Crippen molar-refractivity contribution in [3.05, 3.63) is 40.9 Å². The van der Waals surface area contributed by atoms with Crippen molar-refractivity contribution in [2.75, 3.05) is 16.8 Å². The molecule has 0 spiro atoms. The van der Waals surface area contributed by atoms with Gasteiger partial charge in [-0.05, 0) is 17.5 Å². The number of anilines is 2.